The summed E-state index contributed by atoms with van der Waals surface area (Å²) in [4.78, 5) is 0. The fraction of sp³-hybridized carbons (Fsp3) is 0.176. The van der Waals surface area contributed by atoms with Crippen LogP contribution in [0.15, 0.2) is 42.5 Å². The molecule has 2 aromatic carbocycles. The maximum Gasteiger partial charge on any atom is 0.161 e. The van der Waals surface area contributed by atoms with E-state index in [0.29, 0.717) is 0 Å². The van der Waals surface area contributed by atoms with E-state index in [1.54, 1.807) is 14.2 Å². The first kappa shape index (κ1) is 11.8. The number of methoxy groups -OCH3 is 2. The first-order valence-corrected chi connectivity index (χ1v) is 6.32. The number of allylic oxidation sites excluding steroid dienone is 1. The highest BCUT2D eigenvalue weighted by Crippen LogP contribution is 2.38. The molecule has 2 aromatic rings. The lowest BCUT2D eigenvalue weighted by atomic mass is 10.0. The van der Waals surface area contributed by atoms with Crippen molar-refractivity contribution < 1.29 is 9.47 Å². The van der Waals surface area contributed by atoms with Crippen LogP contribution in [0.5, 0.6) is 11.5 Å². The summed E-state index contributed by atoms with van der Waals surface area (Å²) in [6, 6.07) is 14.6. The number of benzene rings is 2. The van der Waals surface area contributed by atoms with Crippen molar-refractivity contribution in [3.63, 3.8) is 0 Å². The average Bonchev–Trinajstić information content (AvgIpc) is 2.89. The van der Waals surface area contributed by atoms with Crippen molar-refractivity contribution in [2.45, 2.75) is 6.42 Å². The summed E-state index contributed by atoms with van der Waals surface area (Å²) < 4.78 is 10.7. The molecule has 0 radical (unpaired) electrons. The second kappa shape index (κ2) is 4.81. The smallest absolute Gasteiger partial charge is 0.161 e. The molecule has 0 unspecified atom stereocenters. The van der Waals surface area contributed by atoms with Gasteiger partial charge in [-0.1, -0.05) is 36.4 Å². The van der Waals surface area contributed by atoms with Crippen LogP contribution in [-0.2, 0) is 6.42 Å². The van der Waals surface area contributed by atoms with Gasteiger partial charge >= 0.3 is 0 Å². The van der Waals surface area contributed by atoms with Crippen molar-refractivity contribution in [3.05, 3.63) is 59.2 Å². The van der Waals surface area contributed by atoms with Gasteiger partial charge in [0.1, 0.15) is 0 Å². The van der Waals surface area contributed by atoms with E-state index in [0.717, 1.165) is 17.9 Å². The van der Waals surface area contributed by atoms with E-state index in [-0.39, 0.29) is 0 Å². The largest absolute Gasteiger partial charge is 0.493 e. The Kier molecular flexibility index (Phi) is 3.00. The maximum atomic E-state index is 5.35. The predicted molar refractivity (Wildman–Crippen MR) is 77.6 cm³/mol. The van der Waals surface area contributed by atoms with Crippen LogP contribution in [0.25, 0.3) is 11.6 Å². The van der Waals surface area contributed by atoms with E-state index in [9.17, 15) is 0 Å². The van der Waals surface area contributed by atoms with Crippen LogP contribution in [0.4, 0.5) is 0 Å². The number of hydrogen-bond acceptors (Lipinski definition) is 2. The van der Waals surface area contributed by atoms with Gasteiger partial charge in [-0.05, 0) is 40.8 Å². The molecule has 3 rings (SSSR count). The number of fused-ring (bicyclic) bond motifs is 1. The van der Waals surface area contributed by atoms with Gasteiger partial charge in [0, 0.05) is 0 Å². The zero-order valence-electron chi connectivity index (χ0n) is 11.1. The topological polar surface area (TPSA) is 18.5 Å². The Hall–Kier alpha value is -2.22. The van der Waals surface area contributed by atoms with Crippen LogP contribution in [0.1, 0.15) is 16.7 Å². The molecule has 0 aromatic heterocycles. The van der Waals surface area contributed by atoms with Crippen molar-refractivity contribution in [2.75, 3.05) is 14.2 Å². The van der Waals surface area contributed by atoms with E-state index in [4.69, 9.17) is 9.47 Å². The highest BCUT2D eigenvalue weighted by molar-refractivity contribution is 5.89. The van der Waals surface area contributed by atoms with Crippen molar-refractivity contribution >= 4 is 11.6 Å². The summed E-state index contributed by atoms with van der Waals surface area (Å²) in [5, 5.41) is 0. The zero-order chi connectivity index (χ0) is 13.2. The standard InChI is InChI=1S/C17H16O2/c1-18-16-10-14-8-13(12-6-4-3-5-7-12)9-15(14)11-17(16)19-2/h3-8,10-11H,9H2,1-2H3. The van der Waals surface area contributed by atoms with Gasteiger partial charge in [0.05, 0.1) is 14.2 Å². The third kappa shape index (κ3) is 2.10. The van der Waals surface area contributed by atoms with Crippen LogP contribution in [-0.4, -0.2) is 14.2 Å². The molecule has 1 aliphatic carbocycles. The minimum absolute atomic E-state index is 0.784. The van der Waals surface area contributed by atoms with Gasteiger partial charge in [-0.25, -0.2) is 0 Å². The lowest BCUT2D eigenvalue weighted by Crippen LogP contribution is -1.93. The summed E-state index contributed by atoms with van der Waals surface area (Å²) in [7, 11) is 3.34. The summed E-state index contributed by atoms with van der Waals surface area (Å²) in [6.45, 7) is 0. The molecule has 96 valence electrons. The highest BCUT2D eigenvalue weighted by atomic mass is 16.5. The maximum absolute atomic E-state index is 5.35. The molecule has 0 aliphatic heterocycles. The second-order valence-corrected chi connectivity index (χ2v) is 4.62. The molecule has 0 heterocycles. The van der Waals surface area contributed by atoms with Crippen molar-refractivity contribution in [3.8, 4) is 11.5 Å². The Labute approximate surface area is 113 Å². The fourth-order valence-corrected chi connectivity index (χ4v) is 2.51. The van der Waals surface area contributed by atoms with Crippen LogP contribution in [0.3, 0.4) is 0 Å². The van der Waals surface area contributed by atoms with Crippen molar-refractivity contribution in [1.82, 2.24) is 0 Å². The quantitative estimate of drug-likeness (QED) is 0.827. The molecule has 2 heteroatoms. The molecule has 1 aliphatic rings. The van der Waals surface area contributed by atoms with Gasteiger partial charge in [-0.2, -0.15) is 0 Å². The molecule has 0 bridgehead atoms. The minimum Gasteiger partial charge on any atom is -0.493 e. The molecule has 0 fully saturated rings. The first-order valence-electron chi connectivity index (χ1n) is 6.32. The van der Waals surface area contributed by atoms with Crippen LogP contribution >= 0.6 is 0 Å². The van der Waals surface area contributed by atoms with E-state index in [1.807, 2.05) is 12.1 Å². The van der Waals surface area contributed by atoms with Crippen LogP contribution in [0.2, 0.25) is 0 Å². The normalized spacial score (nSPS) is 12.8. The Bertz CT molecular complexity index is 627. The summed E-state index contributed by atoms with van der Waals surface area (Å²) in [5.74, 6) is 1.58. The average molecular weight is 252 g/mol. The highest BCUT2D eigenvalue weighted by Gasteiger charge is 2.17. The Morgan fingerprint density at radius 3 is 2.26 bits per heavy atom. The van der Waals surface area contributed by atoms with Gasteiger partial charge in [-0.15, -0.1) is 0 Å². The van der Waals surface area contributed by atoms with E-state index < -0.39 is 0 Å². The summed E-state index contributed by atoms with van der Waals surface area (Å²) in [6.07, 6.45) is 3.17. The van der Waals surface area contributed by atoms with Gasteiger partial charge in [0.25, 0.3) is 0 Å². The molecular weight excluding hydrogens is 236 g/mol. The third-order valence-electron chi connectivity index (χ3n) is 3.50. The summed E-state index contributed by atoms with van der Waals surface area (Å²) >= 11 is 0. The molecule has 0 saturated carbocycles. The SMILES string of the molecule is COc1cc2c(cc1OC)CC(c1ccccc1)=C2. The lowest BCUT2D eigenvalue weighted by Gasteiger charge is -2.09. The lowest BCUT2D eigenvalue weighted by molar-refractivity contribution is 0.354. The molecule has 0 amide bonds. The molecule has 19 heavy (non-hydrogen) atoms. The molecular formula is C17H16O2. The van der Waals surface area contributed by atoms with E-state index in [1.165, 1.54) is 22.3 Å². The predicted octanol–water partition coefficient (Wildman–Crippen LogP) is 3.80. The van der Waals surface area contributed by atoms with E-state index in [2.05, 4.69) is 36.4 Å². The van der Waals surface area contributed by atoms with Gasteiger partial charge in [-0.3, -0.25) is 0 Å². The minimum atomic E-state index is 0.784. The summed E-state index contributed by atoms with van der Waals surface area (Å²) in [5.41, 5.74) is 5.12. The molecule has 0 saturated heterocycles. The molecule has 0 atom stereocenters. The van der Waals surface area contributed by atoms with Gasteiger partial charge in [0.2, 0.25) is 0 Å². The zero-order valence-corrected chi connectivity index (χ0v) is 11.1. The Morgan fingerprint density at radius 2 is 1.58 bits per heavy atom. The van der Waals surface area contributed by atoms with Gasteiger partial charge in [0.15, 0.2) is 11.5 Å². The first-order chi connectivity index (χ1) is 9.31. The fourth-order valence-electron chi connectivity index (χ4n) is 2.51. The van der Waals surface area contributed by atoms with E-state index >= 15 is 0 Å². The van der Waals surface area contributed by atoms with Crippen molar-refractivity contribution in [1.29, 1.82) is 0 Å². The van der Waals surface area contributed by atoms with Gasteiger partial charge < -0.3 is 9.47 Å². The molecule has 0 N–H and O–H groups in total. The second-order valence-electron chi connectivity index (χ2n) is 4.62. The number of rotatable bonds is 3. The van der Waals surface area contributed by atoms with Crippen LogP contribution < -0.4 is 9.47 Å². The monoisotopic (exact) mass is 252 g/mol. The third-order valence-corrected chi connectivity index (χ3v) is 3.50. The Morgan fingerprint density at radius 1 is 0.895 bits per heavy atom. The van der Waals surface area contributed by atoms with Crippen molar-refractivity contribution in [2.24, 2.45) is 0 Å². The van der Waals surface area contributed by atoms with Crippen LogP contribution in [0, 0.1) is 0 Å². The molecule has 2 nitrogen and oxygen atoms in total. The Balaban J connectivity index is 2.00. The molecule has 0 spiro atoms. The number of ether oxygens (including phenoxy) is 2. The number of hydrogen-bond donors (Lipinski definition) is 0.